The summed E-state index contributed by atoms with van der Waals surface area (Å²) in [5, 5.41) is 0. The zero-order valence-electron chi connectivity index (χ0n) is 8.83. The molecule has 4 nitrogen and oxygen atoms in total. The number of rotatable bonds is 3. The summed E-state index contributed by atoms with van der Waals surface area (Å²) in [5.74, 6) is 0. The van der Waals surface area contributed by atoms with E-state index < -0.39 is 19.0 Å². The SMILES string of the molecule is [CH2+]C(C)(C)OP(=O)(O)OC(C)(C)C. The number of hydrogen-bond acceptors (Lipinski definition) is 3. The molecule has 0 aliphatic rings. The van der Waals surface area contributed by atoms with Crippen molar-refractivity contribution in [1.82, 2.24) is 0 Å². The van der Waals surface area contributed by atoms with E-state index >= 15 is 0 Å². The normalized spacial score (nSPS) is 18.3. The number of hydrogen-bond donors (Lipinski definition) is 1. The van der Waals surface area contributed by atoms with Crippen molar-refractivity contribution in [1.29, 1.82) is 0 Å². The van der Waals surface area contributed by atoms with E-state index in [1.165, 1.54) is 0 Å². The molecule has 0 bridgehead atoms. The van der Waals surface area contributed by atoms with E-state index in [0.717, 1.165) is 0 Å². The van der Waals surface area contributed by atoms with Crippen molar-refractivity contribution in [3.8, 4) is 0 Å². The molecule has 0 saturated carbocycles. The van der Waals surface area contributed by atoms with Gasteiger partial charge in [-0.3, -0.25) is 4.52 Å². The summed E-state index contributed by atoms with van der Waals surface area (Å²) >= 11 is 0. The van der Waals surface area contributed by atoms with Crippen LogP contribution < -0.4 is 0 Å². The van der Waals surface area contributed by atoms with Gasteiger partial charge in [-0.25, -0.2) is 9.09 Å². The molecule has 13 heavy (non-hydrogen) atoms. The third-order valence-electron chi connectivity index (χ3n) is 0.752. The lowest BCUT2D eigenvalue weighted by molar-refractivity contribution is 0.0281. The van der Waals surface area contributed by atoms with Crippen molar-refractivity contribution in [3.63, 3.8) is 0 Å². The van der Waals surface area contributed by atoms with Crippen LogP contribution in [-0.4, -0.2) is 16.1 Å². The van der Waals surface area contributed by atoms with Crippen LogP contribution in [0.25, 0.3) is 0 Å². The van der Waals surface area contributed by atoms with Crippen molar-refractivity contribution in [2.45, 2.75) is 45.8 Å². The van der Waals surface area contributed by atoms with Crippen LogP contribution in [0, 0.1) is 6.92 Å². The van der Waals surface area contributed by atoms with E-state index in [-0.39, 0.29) is 0 Å². The highest BCUT2D eigenvalue weighted by atomic mass is 31.2. The van der Waals surface area contributed by atoms with Crippen LogP contribution in [0.4, 0.5) is 0 Å². The zero-order chi connectivity index (χ0) is 10.9. The van der Waals surface area contributed by atoms with E-state index in [1.54, 1.807) is 34.6 Å². The minimum atomic E-state index is -4.00. The Morgan fingerprint density at radius 2 is 1.54 bits per heavy atom. The van der Waals surface area contributed by atoms with Gasteiger partial charge in [0.15, 0.2) is 0 Å². The number of phosphoric acid groups is 1. The molecule has 0 spiro atoms. The van der Waals surface area contributed by atoms with Crippen molar-refractivity contribution < 1.29 is 18.5 Å². The largest absolute Gasteiger partial charge is 0.476 e. The predicted molar refractivity (Wildman–Crippen MR) is 51.2 cm³/mol. The summed E-state index contributed by atoms with van der Waals surface area (Å²) in [4.78, 5) is 9.26. The monoisotopic (exact) mass is 209 g/mol. The molecule has 0 heterocycles. The second-order valence-electron chi connectivity index (χ2n) is 4.52. The van der Waals surface area contributed by atoms with Gasteiger partial charge in [-0.15, -0.1) is 0 Å². The molecule has 1 N–H and O–H groups in total. The van der Waals surface area contributed by atoms with Crippen molar-refractivity contribution >= 4 is 7.82 Å². The average molecular weight is 209 g/mol. The molecule has 0 aromatic rings. The second kappa shape index (κ2) is 3.62. The van der Waals surface area contributed by atoms with E-state index in [9.17, 15) is 9.46 Å². The fourth-order valence-electron chi connectivity index (χ4n) is 0.677. The molecular weight excluding hydrogens is 191 g/mol. The van der Waals surface area contributed by atoms with Gasteiger partial charge in [-0.2, -0.15) is 0 Å². The third-order valence-corrected chi connectivity index (χ3v) is 2.26. The highest BCUT2D eigenvalue weighted by Crippen LogP contribution is 2.50. The van der Waals surface area contributed by atoms with Gasteiger partial charge in [0.1, 0.15) is 0 Å². The van der Waals surface area contributed by atoms with Crippen LogP contribution in [0.3, 0.4) is 0 Å². The summed E-state index contributed by atoms with van der Waals surface area (Å²) < 4.78 is 20.9. The summed E-state index contributed by atoms with van der Waals surface area (Å²) in [6, 6.07) is 0. The smallest absolute Gasteiger partial charge is 0.302 e. The van der Waals surface area contributed by atoms with Gasteiger partial charge in [0.2, 0.25) is 5.60 Å². The topological polar surface area (TPSA) is 55.8 Å². The maximum Gasteiger partial charge on any atom is 0.476 e. The van der Waals surface area contributed by atoms with E-state index in [1.807, 2.05) is 0 Å². The Labute approximate surface area is 79.9 Å². The summed E-state index contributed by atoms with van der Waals surface area (Å²) in [7, 11) is -4.00. The van der Waals surface area contributed by atoms with Crippen molar-refractivity contribution in [2.75, 3.05) is 0 Å². The van der Waals surface area contributed by atoms with Crippen LogP contribution in [0.1, 0.15) is 34.6 Å². The molecule has 0 amide bonds. The first-order valence-electron chi connectivity index (χ1n) is 4.01. The molecule has 0 radical (unpaired) electrons. The van der Waals surface area contributed by atoms with Gasteiger partial charge >= 0.3 is 7.82 Å². The number of phosphoric ester groups is 1. The average Bonchev–Trinajstić information content (AvgIpc) is 1.43. The molecule has 5 heteroatoms. The Morgan fingerprint density at radius 1 is 1.15 bits per heavy atom. The van der Waals surface area contributed by atoms with Gasteiger partial charge < -0.3 is 4.89 Å². The van der Waals surface area contributed by atoms with Crippen LogP contribution in [0.2, 0.25) is 0 Å². The quantitative estimate of drug-likeness (QED) is 0.573. The van der Waals surface area contributed by atoms with Crippen LogP contribution in [-0.2, 0) is 13.6 Å². The summed E-state index contributed by atoms with van der Waals surface area (Å²) in [5.41, 5.74) is -1.65. The zero-order valence-corrected chi connectivity index (χ0v) is 9.72. The maximum atomic E-state index is 11.3. The standard InChI is InChI=1S/C8H17O4P/c1-7(2,3)11-13(9,10)12-8(4,5)6/h1H2,2-6H3/p+1. The molecule has 0 aliphatic carbocycles. The molecule has 0 aromatic heterocycles. The maximum absolute atomic E-state index is 11.3. The Balaban J connectivity index is 4.35. The molecule has 0 aliphatic heterocycles. The Bertz CT molecular complexity index is 191. The van der Waals surface area contributed by atoms with Gasteiger partial charge in [0.05, 0.1) is 12.5 Å². The minimum absolute atomic E-state index is 0.713. The first kappa shape index (κ1) is 13.0. The lowest BCUT2D eigenvalue weighted by Gasteiger charge is -2.24. The van der Waals surface area contributed by atoms with Crippen molar-refractivity contribution in [3.05, 3.63) is 6.92 Å². The Kier molecular flexibility index (Phi) is 3.61. The molecular formula is C8H18O4P+. The third kappa shape index (κ3) is 8.31. The lowest BCUT2D eigenvalue weighted by atomic mass is 10.2. The fraction of sp³-hybridized carbons (Fsp3) is 0.875. The van der Waals surface area contributed by atoms with Crippen molar-refractivity contribution in [2.24, 2.45) is 0 Å². The Hall–Kier alpha value is -0.0200. The molecule has 0 saturated heterocycles. The van der Waals surface area contributed by atoms with Crippen LogP contribution >= 0.6 is 7.82 Å². The summed E-state index contributed by atoms with van der Waals surface area (Å²) in [6.45, 7) is 11.7. The molecule has 1 unspecified atom stereocenters. The van der Waals surface area contributed by atoms with E-state index in [2.05, 4.69) is 6.92 Å². The van der Waals surface area contributed by atoms with Gasteiger partial charge in [-0.05, 0) is 20.8 Å². The van der Waals surface area contributed by atoms with E-state index in [4.69, 9.17) is 9.05 Å². The first-order chi connectivity index (χ1) is 5.41. The van der Waals surface area contributed by atoms with Crippen LogP contribution in [0.15, 0.2) is 0 Å². The predicted octanol–water partition coefficient (Wildman–Crippen LogP) is 2.53. The second-order valence-corrected chi connectivity index (χ2v) is 5.83. The molecule has 78 valence electrons. The minimum Gasteiger partial charge on any atom is -0.302 e. The van der Waals surface area contributed by atoms with Gasteiger partial charge in [-0.1, -0.05) is 0 Å². The lowest BCUT2D eigenvalue weighted by Crippen LogP contribution is -2.23. The fourth-order valence-corrected chi connectivity index (χ4v) is 2.03. The van der Waals surface area contributed by atoms with Gasteiger partial charge in [0.25, 0.3) is 0 Å². The molecule has 0 rings (SSSR count). The van der Waals surface area contributed by atoms with E-state index in [0.29, 0.717) is 0 Å². The van der Waals surface area contributed by atoms with Crippen LogP contribution in [0.5, 0.6) is 0 Å². The highest BCUT2D eigenvalue weighted by molar-refractivity contribution is 7.47. The molecule has 0 fully saturated rings. The summed E-state index contributed by atoms with van der Waals surface area (Å²) in [6.07, 6.45) is 0. The molecule has 0 aromatic carbocycles. The first-order valence-corrected chi connectivity index (χ1v) is 5.50. The highest BCUT2D eigenvalue weighted by Gasteiger charge is 2.36. The Morgan fingerprint density at radius 3 is 1.77 bits per heavy atom. The molecule has 1 atom stereocenters. The van der Waals surface area contributed by atoms with Gasteiger partial charge in [0, 0.05) is 13.8 Å².